The molecule has 0 amide bonds. The second-order valence-corrected chi connectivity index (χ2v) is 5.65. The van der Waals surface area contributed by atoms with E-state index >= 15 is 0 Å². The van der Waals surface area contributed by atoms with Gasteiger partial charge in [-0.2, -0.15) is 5.10 Å². The first kappa shape index (κ1) is 13.6. The van der Waals surface area contributed by atoms with Gasteiger partial charge in [0.15, 0.2) is 0 Å². The summed E-state index contributed by atoms with van der Waals surface area (Å²) in [5.41, 5.74) is 2.10. The summed E-state index contributed by atoms with van der Waals surface area (Å²) in [7, 11) is 0. The third kappa shape index (κ3) is 2.96. The highest BCUT2D eigenvalue weighted by molar-refractivity contribution is 6.31. The zero-order chi connectivity index (χ0) is 13.1. The summed E-state index contributed by atoms with van der Waals surface area (Å²) in [6.07, 6.45) is 8.75. The summed E-state index contributed by atoms with van der Waals surface area (Å²) in [6, 6.07) is 0.211. The molecular weight excluding hydrogens is 248 g/mol. The van der Waals surface area contributed by atoms with Crippen molar-refractivity contribution < 1.29 is 5.11 Å². The van der Waals surface area contributed by atoms with Gasteiger partial charge in [0.25, 0.3) is 0 Å². The molecule has 100 valence electrons. The highest BCUT2D eigenvalue weighted by Gasteiger charge is 2.21. The van der Waals surface area contributed by atoms with Crippen LogP contribution in [0.1, 0.15) is 63.8 Å². The molecule has 1 aromatic heterocycles. The minimum atomic E-state index is -0.549. The van der Waals surface area contributed by atoms with Gasteiger partial charge >= 0.3 is 0 Å². The van der Waals surface area contributed by atoms with E-state index < -0.39 is 6.10 Å². The Hall–Kier alpha value is -0.800. The molecule has 0 radical (unpaired) electrons. The number of rotatable bonds is 4. The topological polar surface area (TPSA) is 38.0 Å². The Morgan fingerprint density at radius 1 is 1.44 bits per heavy atom. The van der Waals surface area contributed by atoms with Crippen LogP contribution in [0.3, 0.4) is 0 Å². The maximum absolute atomic E-state index is 10.4. The monoisotopic (exact) mass is 268 g/mol. The molecular formula is C14H21ClN2O. The van der Waals surface area contributed by atoms with E-state index in [0.29, 0.717) is 11.4 Å². The number of hydrogen-bond donors (Lipinski definition) is 1. The van der Waals surface area contributed by atoms with E-state index in [1.807, 2.05) is 18.5 Å². The summed E-state index contributed by atoms with van der Waals surface area (Å²) >= 11 is 6.14. The highest BCUT2D eigenvalue weighted by atomic mass is 35.5. The van der Waals surface area contributed by atoms with Crippen molar-refractivity contribution in [3.05, 3.63) is 28.6 Å². The lowest BCUT2D eigenvalue weighted by molar-refractivity contribution is 0.163. The van der Waals surface area contributed by atoms with Gasteiger partial charge in [-0.15, -0.1) is 0 Å². The standard InChI is InChI=1S/C14H21ClN2O/c1-10(2)17-14(12(15)9-16-17)13(18)8-11-6-4-3-5-7-11/h6,9-10,13,18H,3-5,7-8H2,1-2H3. The van der Waals surface area contributed by atoms with E-state index in [1.165, 1.54) is 18.4 Å². The van der Waals surface area contributed by atoms with Crippen LogP contribution in [0.15, 0.2) is 17.8 Å². The molecule has 4 heteroatoms. The number of aliphatic hydroxyl groups excluding tert-OH is 1. The number of nitrogens with zero attached hydrogens (tertiary/aromatic N) is 2. The smallest absolute Gasteiger partial charge is 0.101 e. The first-order valence-electron chi connectivity index (χ1n) is 6.68. The maximum Gasteiger partial charge on any atom is 0.101 e. The number of halogens is 1. The van der Waals surface area contributed by atoms with Crippen LogP contribution in [-0.4, -0.2) is 14.9 Å². The number of allylic oxidation sites excluding steroid dienone is 1. The molecule has 0 bridgehead atoms. The Kier molecular flexibility index (Phi) is 4.46. The zero-order valence-electron chi connectivity index (χ0n) is 11.1. The quantitative estimate of drug-likeness (QED) is 0.837. The van der Waals surface area contributed by atoms with Crippen LogP contribution in [-0.2, 0) is 0 Å². The normalized spacial score (nSPS) is 17.9. The van der Waals surface area contributed by atoms with Gasteiger partial charge in [-0.3, -0.25) is 4.68 Å². The van der Waals surface area contributed by atoms with Gasteiger partial charge in [0, 0.05) is 12.5 Å². The lowest BCUT2D eigenvalue weighted by atomic mass is 9.94. The third-order valence-corrected chi connectivity index (χ3v) is 3.72. The van der Waals surface area contributed by atoms with Crippen LogP contribution in [0.25, 0.3) is 0 Å². The van der Waals surface area contributed by atoms with E-state index in [1.54, 1.807) is 6.20 Å². The van der Waals surface area contributed by atoms with Gasteiger partial charge < -0.3 is 5.11 Å². The minimum Gasteiger partial charge on any atom is -0.386 e. The molecule has 2 rings (SSSR count). The largest absolute Gasteiger partial charge is 0.386 e. The molecule has 0 saturated carbocycles. The third-order valence-electron chi connectivity index (χ3n) is 3.43. The average molecular weight is 269 g/mol. The lowest BCUT2D eigenvalue weighted by Gasteiger charge is -2.19. The van der Waals surface area contributed by atoms with Crippen LogP contribution in [0.2, 0.25) is 5.02 Å². The molecule has 3 nitrogen and oxygen atoms in total. The van der Waals surface area contributed by atoms with Crippen molar-refractivity contribution in [2.75, 3.05) is 0 Å². The Labute approximate surface area is 113 Å². The van der Waals surface area contributed by atoms with Crippen molar-refractivity contribution in [1.82, 2.24) is 9.78 Å². The van der Waals surface area contributed by atoms with Crippen molar-refractivity contribution in [1.29, 1.82) is 0 Å². The van der Waals surface area contributed by atoms with Gasteiger partial charge in [0.1, 0.15) is 6.10 Å². The van der Waals surface area contributed by atoms with Crippen LogP contribution in [0.4, 0.5) is 0 Å². The summed E-state index contributed by atoms with van der Waals surface area (Å²) in [6.45, 7) is 4.08. The maximum atomic E-state index is 10.4. The second-order valence-electron chi connectivity index (χ2n) is 5.24. The van der Waals surface area contributed by atoms with E-state index in [-0.39, 0.29) is 6.04 Å². The molecule has 0 aromatic carbocycles. The number of aromatic nitrogens is 2. The van der Waals surface area contributed by atoms with Crippen molar-refractivity contribution in [2.24, 2.45) is 0 Å². The van der Waals surface area contributed by atoms with Crippen LogP contribution in [0.5, 0.6) is 0 Å². The fourth-order valence-electron chi connectivity index (χ4n) is 2.51. The lowest BCUT2D eigenvalue weighted by Crippen LogP contribution is -2.12. The zero-order valence-corrected chi connectivity index (χ0v) is 11.8. The minimum absolute atomic E-state index is 0.211. The van der Waals surface area contributed by atoms with E-state index in [9.17, 15) is 5.11 Å². The van der Waals surface area contributed by atoms with Crippen molar-refractivity contribution in [2.45, 2.75) is 58.1 Å². The Morgan fingerprint density at radius 2 is 2.22 bits per heavy atom. The molecule has 1 heterocycles. The second kappa shape index (κ2) is 5.89. The Morgan fingerprint density at radius 3 is 2.83 bits per heavy atom. The van der Waals surface area contributed by atoms with Crippen molar-refractivity contribution in [3.63, 3.8) is 0 Å². The van der Waals surface area contributed by atoms with Crippen molar-refractivity contribution >= 4 is 11.6 Å². The van der Waals surface area contributed by atoms with Crippen molar-refractivity contribution in [3.8, 4) is 0 Å². The Bertz CT molecular complexity index is 437. The predicted molar refractivity (Wildman–Crippen MR) is 73.7 cm³/mol. The molecule has 1 aromatic rings. The van der Waals surface area contributed by atoms with Gasteiger partial charge in [-0.25, -0.2) is 0 Å². The fraction of sp³-hybridized carbons (Fsp3) is 0.643. The molecule has 0 aliphatic heterocycles. The first-order chi connectivity index (χ1) is 8.59. The molecule has 18 heavy (non-hydrogen) atoms. The average Bonchev–Trinajstić information content (AvgIpc) is 2.72. The summed E-state index contributed by atoms with van der Waals surface area (Å²) in [4.78, 5) is 0. The summed E-state index contributed by atoms with van der Waals surface area (Å²) in [5, 5.41) is 15.2. The molecule has 0 fully saturated rings. The molecule has 1 N–H and O–H groups in total. The van der Waals surface area contributed by atoms with Crippen LogP contribution >= 0.6 is 11.6 Å². The fourth-order valence-corrected chi connectivity index (χ4v) is 2.77. The highest BCUT2D eigenvalue weighted by Crippen LogP contribution is 2.32. The molecule has 1 atom stereocenters. The van der Waals surface area contributed by atoms with E-state index in [4.69, 9.17) is 11.6 Å². The molecule has 1 aliphatic carbocycles. The van der Waals surface area contributed by atoms with E-state index in [0.717, 1.165) is 18.5 Å². The van der Waals surface area contributed by atoms with Gasteiger partial charge in [0.05, 0.1) is 16.9 Å². The predicted octanol–water partition coefficient (Wildman–Crippen LogP) is 4.04. The first-order valence-corrected chi connectivity index (χ1v) is 7.06. The molecule has 0 saturated heterocycles. The van der Waals surface area contributed by atoms with Gasteiger partial charge in [-0.05, 0) is 39.5 Å². The van der Waals surface area contributed by atoms with Crippen LogP contribution < -0.4 is 0 Å². The Balaban J connectivity index is 2.15. The number of aliphatic hydroxyl groups is 1. The number of hydrogen-bond acceptors (Lipinski definition) is 2. The van der Waals surface area contributed by atoms with Gasteiger partial charge in [-0.1, -0.05) is 23.3 Å². The summed E-state index contributed by atoms with van der Waals surface area (Å²) in [5.74, 6) is 0. The van der Waals surface area contributed by atoms with E-state index in [2.05, 4.69) is 11.2 Å². The molecule has 0 spiro atoms. The summed E-state index contributed by atoms with van der Waals surface area (Å²) < 4.78 is 1.82. The molecule has 1 aliphatic rings. The SMILES string of the molecule is CC(C)n1ncc(Cl)c1C(O)CC1=CCCCC1. The van der Waals surface area contributed by atoms with Crippen LogP contribution in [0, 0.1) is 0 Å². The molecule has 1 unspecified atom stereocenters. The van der Waals surface area contributed by atoms with Gasteiger partial charge in [0.2, 0.25) is 0 Å².